The van der Waals surface area contributed by atoms with E-state index < -0.39 is 9.84 Å². The highest BCUT2D eigenvalue weighted by atomic mass is 32.2. The smallest absolute Gasteiger partial charge is 0.222 e. The van der Waals surface area contributed by atoms with Crippen molar-refractivity contribution in [3.8, 4) is 0 Å². The number of benzene rings is 1. The van der Waals surface area contributed by atoms with Crippen molar-refractivity contribution < 1.29 is 8.42 Å². The van der Waals surface area contributed by atoms with Gasteiger partial charge in [0.05, 0.1) is 10.9 Å². The molecule has 0 aliphatic carbocycles. The first-order valence-electron chi connectivity index (χ1n) is 8.94. The maximum absolute atomic E-state index is 11.8. The van der Waals surface area contributed by atoms with Crippen LogP contribution in [0, 0.1) is 13.8 Å². The normalized spacial score (nSPS) is 18.6. The first-order valence-corrected chi connectivity index (χ1v) is 10.8. The third-order valence-corrected chi connectivity index (χ3v) is 6.04. The van der Waals surface area contributed by atoms with Crippen LogP contribution in [0.25, 0.3) is 0 Å². The first kappa shape index (κ1) is 18.6. The van der Waals surface area contributed by atoms with Crippen molar-refractivity contribution in [1.29, 1.82) is 0 Å². The second-order valence-electron chi connectivity index (χ2n) is 7.07. The minimum absolute atomic E-state index is 0.153. The van der Waals surface area contributed by atoms with Gasteiger partial charge in [-0.1, -0.05) is 18.9 Å². The van der Waals surface area contributed by atoms with Gasteiger partial charge in [0.1, 0.15) is 5.82 Å². The van der Waals surface area contributed by atoms with Crippen LogP contribution in [0.5, 0.6) is 0 Å². The summed E-state index contributed by atoms with van der Waals surface area (Å²) in [5.41, 5.74) is 8.86. The fraction of sp³-hybridized carbons (Fsp3) is 0.474. The third-order valence-electron chi connectivity index (χ3n) is 4.93. The lowest BCUT2D eigenvalue weighted by atomic mass is 9.96. The Bertz CT molecular complexity index is 892. The monoisotopic (exact) mass is 374 g/mol. The van der Waals surface area contributed by atoms with Crippen LogP contribution >= 0.6 is 0 Å². The van der Waals surface area contributed by atoms with Gasteiger partial charge in [-0.2, -0.15) is 4.98 Å². The highest BCUT2D eigenvalue weighted by Gasteiger charge is 2.26. The van der Waals surface area contributed by atoms with Crippen LogP contribution in [0.4, 0.5) is 11.8 Å². The molecule has 1 aromatic carbocycles. The van der Waals surface area contributed by atoms with Crippen LogP contribution in [0.15, 0.2) is 29.2 Å². The van der Waals surface area contributed by atoms with Gasteiger partial charge in [-0.3, -0.25) is 0 Å². The van der Waals surface area contributed by atoms with Crippen molar-refractivity contribution in [2.24, 2.45) is 0 Å². The molecule has 6 nitrogen and oxygen atoms in total. The molecule has 1 atom stereocenters. The van der Waals surface area contributed by atoms with E-state index in [9.17, 15) is 8.42 Å². The number of hydrogen-bond donors (Lipinski definition) is 1. The summed E-state index contributed by atoms with van der Waals surface area (Å²) in [4.78, 5) is 11.3. The molecule has 0 spiro atoms. The predicted molar refractivity (Wildman–Crippen MR) is 104 cm³/mol. The average molecular weight is 375 g/mol. The zero-order valence-corrected chi connectivity index (χ0v) is 16.4. The lowest BCUT2D eigenvalue weighted by Crippen LogP contribution is -2.30. The van der Waals surface area contributed by atoms with Crippen molar-refractivity contribution in [3.05, 3.63) is 41.1 Å². The largest absolute Gasteiger partial charge is 0.368 e. The Balaban J connectivity index is 2.05. The SMILES string of the molecule is Cc1cc(N2CCCCCC2c2ccc(S(C)(=O)=O)cc2C)nc(N)n1. The van der Waals surface area contributed by atoms with Gasteiger partial charge in [0.15, 0.2) is 9.84 Å². The van der Waals surface area contributed by atoms with Crippen molar-refractivity contribution in [2.45, 2.75) is 50.5 Å². The molecule has 1 aliphatic heterocycles. The number of aryl methyl sites for hydroxylation is 2. The first-order chi connectivity index (χ1) is 12.3. The van der Waals surface area contributed by atoms with E-state index in [2.05, 4.69) is 14.9 Å². The number of rotatable bonds is 3. The molecule has 26 heavy (non-hydrogen) atoms. The second-order valence-corrected chi connectivity index (χ2v) is 9.09. The zero-order valence-electron chi connectivity index (χ0n) is 15.6. The Morgan fingerprint density at radius 1 is 1.12 bits per heavy atom. The number of nitrogen functional groups attached to an aromatic ring is 1. The molecule has 1 fully saturated rings. The van der Waals surface area contributed by atoms with Crippen LogP contribution in [0.2, 0.25) is 0 Å². The quantitative estimate of drug-likeness (QED) is 0.887. The summed E-state index contributed by atoms with van der Waals surface area (Å²) in [6.45, 7) is 4.79. The number of aromatic nitrogens is 2. The van der Waals surface area contributed by atoms with E-state index in [0.29, 0.717) is 4.90 Å². The summed E-state index contributed by atoms with van der Waals surface area (Å²) in [5, 5.41) is 0. The Kier molecular flexibility index (Phi) is 5.18. The molecule has 0 bridgehead atoms. The number of sulfone groups is 1. The molecular formula is C19H26N4O2S. The van der Waals surface area contributed by atoms with Crippen LogP contribution in [0.1, 0.15) is 48.5 Å². The van der Waals surface area contributed by atoms with Gasteiger partial charge in [0.2, 0.25) is 5.95 Å². The van der Waals surface area contributed by atoms with E-state index in [4.69, 9.17) is 5.73 Å². The van der Waals surface area contributed by atoms with Crippen LogP contribution in [-0.4, -0.2) is 31.2 Å². The average Bonchev–Trinajstić information content (AvgIpc) is 2.78. The van der Waals surface area contributed by atoms with Gasteiger partial charge in [-0.05, 0) is 49.9 Å². The molecule has 7 heteroatoms. The fourth-order valence-corrected chi connectivity index (χ4v) is 4.39. The van der Waals surface area contributed by atoms with Crippen LogP contribution < -0.4 is 10.6 Å². The van der Waals surface area contributed by atoms with Gasteiger partial charge < -0.3 is 10.6 Å². The van der Waals surface area contributed by atoms with E-state index in [1.54, 1.807) is 12.1 Å². The standard InChI is InChI=1S/C19H26N4O2S/c1-13-11-15(26(3,24)25)8-9-16(13)17-7-5-4-6-10-23(17)18-12-14(2)21-19(20)22-18/h8-9,11-12,17H,4-7,10H2,1-3H3,(H2,20,21,22). The lowest BCUT2D eigenvalue weighted by Gasteiger charge is -2.32. The number of hydrogen-bond acceptors (Lipinski definition) is 6. The third kappa shape index (κ3) is 3.98. The van der Waals surface area contributed by atoms with Crippen molar-refractivity contribution in [2.75, 3.05) is 23.4 Å². The van der Waals surface area contributed by atoms with Crippen molar-refractivity contribution in [1.82, 2.24) is 9.97 Å². The van der Waals surface area contributed by atoms with Gasteiger partial charge in [0, 0.05) is 24.6 Å². The number of nitrogens with zero attached hydrogens (tertiary/aromatic N) is 3. The summed E-state index contributed by atoms with van der Waals surface area (Å²) in [6, 6.07) is 7.55. The van der Waals surface area contributed by atoms with Gasteiger partial charge in [-0.15, -0.1) is 0 Å². The molecular weight excluding hydrogens is 348 g/mol. The minimum atomic E-state index is -3.21. The molecule has 3 rings (SSSR count). The Morgan fingerprint density at radius 2 is 1.88 bits per heavy atom. The maximum Gasteiger partial charge on any atom is 0.222 e. The van der Waals surface area contributed by atoms with Crippen LogP contribution in [0.3, 0.4) is 0 Å². The molecule has 0 amide bonds. The molecule has 1 unspecified atom stereocenters. The van der Waals surface area contributed by atoms with Crippen molar-refractivity contribution in [3.63, 3.8) is 0 Å². The Hall–Kier alpha value is -2.15. The van der Waals surface area contributed by atoms with Crippen LogP contribution in [-0.2, 0) is 9.84 Å². The minimum Gasteiger partial charge on any atom is -0.368 e. The van der Waals surface area contributed by atoms with Gasteiger partial charge >= 0.3 is 0 Å². The summed E-state index contributed by atoms with van der Waals surface area (Å²) < 4.78 is 23.7. The molecule has 2 N–H and O–H groups in total. The molecule has 2 heterocycles. The predicted octanol–water partition coefficient (Wildman–Crippen LogP) is 3.20. The van der Waals surface area contributed by atoms with E-state index in [0.717, 1.165) is 48.4 Å². The van der Waals surface area contributed by atoms with E-state index >= 15 is 0 Å². The molecule has 1 saturated heterocycles. The molecule has 2 aromatic rings. The molecule has 1 aliphatic rings. The highest BCUT2D eigenvalue weighted by Crippen LogP contribution is 2.35. The topological polar surface area (TPSA) is 89.2 Å². The fourth-order valence-electron chi connectivity index (χ4n) is 3.68. The van der Waals surface area contributed by atoms with E-state index in [1.165, 1.54) is 12.7 Å². The lowest BCUT2D eigenvalue weighted by molar-refractivity contribution is 0.591. The molecule has 0 radical (unpaired) electrons. The Morgan fingerprint density at radius 3 is 2.54 bits per heavy atom. The summed E-state index contributed by atoms with van der Waals surface area (Å²) in [7, 11) is -3.21. The van der Waals surface area contributed by atoms with Gasteiger partial charge in [-0.25, -0.2) is 13.4 Å². The molecule has 0 saturated carbocycles. The summed E-state index contributed by atoms with van der Waals surface area (Å²) in [5.74, 6) is 1.13. The molecule has 140 valence electrons. The Labute approximate surface area is 155 Å². The summed E-state index contributed by atoms with van der Waals surface area (Å²) in [6.07, 6.45) is 5.65. The van der Waals surface area contributed by atoms with E-state index in [1.807, 2.05) is 26.0 Å². The van der Waals surface area contributed by atoms with E-state index in [-0.39, 0.29) is 12.0 Å². The van der Waals surface area contributed by atoms with Gasteiger partial charge in [0.25, 0.3) is 0 Å². The number of anilines is 2. The number of nitrogens with two attached hydrogens (primary N) is 1. The van der Waals surface area contributed by atoms with Crippen molar-refractivity contribution >= 4 is 21.6 Å². The summed E-state index contributed by atoms with van der Waals surface area (Å²) >= 11 is 0. The maximum atomic E-state index is 11.8. The molecule has 1 aromatic heterocycles. The second kappa shape index (κ2) is 7.23. The zero-order chi connectivity index (χ0) is 18.9. The highest BCUT2D eigenvalue weighted by molar-refractivity contribution is 7.90.